The Bertz CT molecular complexity index is 2690. The number of benzene rings is 4. The lowest BCUT2D eigenvalue weighted by molar-refractivity contribution is -0.172. The van der Waals surface area contributed by atoms with Crippen LogP contribution in [-0.2, 0) is 44.7 Å². The van der Waals surface area contributed by atoms with E-state index in [0.29, 0.717) is 56.9 Å². The van der Waals surface area contributed by atoms with Crippen LogP contribution in [0.4, 0.5) is 17.6 Å². The van der Waals surface area contributed by atoms with E-state index in [0.717, 1.165) is 106 Å². The Balaban J connectivity index is 0.000000191. The lowest BCUT2D eigenvalue weighted by Gasteiger charge is -2.31. The molecule has 1 amide bonds. The van der Waals surface area contributed by atoms with Crippen molar-refractivity contribution in [1.82, 2.24) is 15.1 Å². The van der Waals surface area contributed by atoms with E-state index in [1.165, 1.54) is 12.8 Å². The number of amides is 1. The van der Waals surface area contributed by atoms with Crippen LogP contribution in [0.2, 0.25) is 20.1 Å². The third-order valence-corrected chi connectivity index (χ3v) is 16.8. The molecule has 0 saturated carbocycles. The molecule has 0 bridgehead atoms. The smallest absolute Gasteiger partial charge is 0.374 e. The number of alkyl halides is 4. The van der Waals surface area contributed by atoms with Crippen molar-refractivity contribution < 1.29 is 66.9 Å². The average molecular weight is 1200 g/mol. The first kappa shape index (κ1) is 63.6. The minimum atomic E-state index is -3.68. The number of ether oxygens (including phenoxy) is 4. The van der Waals surface area contributed by atoms with Crippen LogP contribution in [0.3, 0.4) is 0 Å². The summed E-state index contributed by atoms with van der Waals surface area (Å²) in [6, 6.07) is 19.2. The molecule has 0 spiro atoms. The van der Waals surface area contributed by atoms with E-state index >= 15 is 8.78 Å². The van der Waals surface area contributed by atoms with Crippen LogP contribution in [0, 0.1) is 11.8 Å². The molecule has 0 aromatic heterocycles. The van der Waals surface area contributed by atoms with Gasteiger partial charge in [-0.25, -0.2) is 4.79 Å². The van der Waals surface area contributed by atoms with Gasteiger partial charge in [-0.1, -0.05) is 70.7 Å². The SMILES string of the molecule is N[C@H](CN1CCCC1)C(O)c1ccc(OC2CCOCC2)c(Cl)c1.O.O=C(N[C@H](CN1CCCC1)[C@H](O)c1ccc(OC2CCOCC2)c(Cl)c1)C(F)(F)C1Cc2ccc(Cl)cc2C1.O=C(O)C(F)(F)C1Cc2ccc(Cl)cc2C1. The fourth-order valence-electron chi connectivity index (χ4n) is 11.2. The van der Waals surface area contributed by atoms with Crippen LogP contribution >= 0.6 is 46.4 Å². The fraction of sp³-hybridized carbons (Fsp3) is 0.552. The summed E-state index contributed by atoms with van der Waals surface area (Å²) < 4.78 is 80.2. The molecule has 0 radical (unpaired) electrons. The zero-order valence-corrected chi connectivity index (χ0v) is 47.4. The van der Waals surface area contributed by atoms with Gasteiger partial charge in [0.15, 0.2) is 0 Å². The molecule has 4 saturated heterocycles. The molecule has 4 fully saturated rings. The van der Waals surface area contributed by atoms with Gasteiger partial charge in [-0.05, 0) is 159 Å². The first-order valence-electron chi connectivity index (χ1n) is 27.2. The highest BCUT2D eigenvalue weighted by atomic mass is 35.5. The zero-order valence-electron chi connectivity index (χ0n) is 44.4. The van der Waals surface area contributed by atoms with Gasteiger partial charge >= 0.3 is 17.8 Å². The highest BCUT2D eigenvalue weighted by Gasteiger charge is 2.51. The summed E-state index contributed by atoms with van der Waals surface area (Å²) >= 11 is 24.6. The number of carboxylic acid groups (broad SMARTS) is 1. The molecule has 10 rings (SSSR count). The average Bonchev–Trinajstić information content (AvgIpc) is 4.30. The Morgan fingerprint density at radius 3 is 1.46 bits per heavy atom. The summed E-state index contributed by atoms with van der Waals surface area (Å²) in [5, 5.41) is 34.6. The van der Waals surface area contributed by atoms with Crippen LogP contribution in [0.25, 0.3) is 0 Å². The molecule has 4 aliphatic heterocycles. The maximum absolute atomic E-state index is 15.5. The second-order valence-corrected chi connectivity index (χ2v) is 23.2. The lowest BCUT2D eigenvalue weighted by Crippen LogP contribution is -2.54. The fourth-order valence-corrected chi connectivity index (χ4v) is 12.0. The highest BCUT2D eigenvalue weighted by Crippen LogP contribution is 2.41. The zero-order chi connectivity index (χ0) is 56.4. The number of carbonyl (C=O) groups is 2. The van der Waals surface area contributed by atoms with E-state index in [4.69, 9.17) is 76.2 Å². The van der Waals surface area contributed by atoms with Crippen LogP contribution in [0.15, 0.2) is 72.8 Å². The number of aliphatic carboxylic acids is 1. The van der Waals surface area contributed by atoms with E-state index in [-0.39, 0.29) is 56.0 Å². The number of carboxylic acids is 1. The molecule has 2 aliphatic carbocycles. The number of rotatable bonds is 17. The maximum atomic E-state index is 15.5. The number of fused-ring (bicyclic) bond motifs is 2. The number of nitrogens with one attached hydrogen (secondary N) is 1. The van der Waals surface area contributed by atoms with E-state index < -0.39 is 53.8 Å². The lowest BCUT2D eigenvalue weighted by atomic mass is 9.95. The van der Waals surface area contributed by atoms with Gasteiger partial charge in [0.25, 0.3) is 5.91 Å². The molecule has 4 heterocycles. The Morgan fingerprint density at radius 2 is 1.02 bits per heavy atom. The van der Waals surface area contributed by atoms with Crippen LogP contribution in [0.5, 0.6) is 11.5 Å². The number of nitrogens with two attached hydrogens (primary N) is 1. The van der Waals surface area contributed by atoms with Gasteiger partial charge in [-0.2, -0.15) is 17.6 Å². The van der Waals surface area contributed by atoms with Gasteiger partial charge in [-0.15, -0.1) is 0 Å². The number of aliphatic hydroxyl groups is 2. The summed E-state index contributed by atoms with van der Waals surface area (Å²) in [7, 11) is 0. The quantitative estimate of drug-likeness (QED) is 0.0627. The van der Waals surface area contributed by atoms with E-state index in [2.05, 4.69) is 15.1 Å². The van der Waals surface area contributed by atoms with Crippen molar-refractivity contribution in [3.63, 3.8) is 0 Å². The minimum absolute atomic E-state index is 0. The minimum Gasteiger partial charge on any atom is -0.489 e. The van der Waals surface area contributed by atoms with E-state index in [1.807, 2.05) is 12.1 Å². The second-order valence-electron chi connectivity index (χ2n) is 21.5. The summed E-state index contributed by atoms with van der Waals surface area (Å²) in [4.78, 5) is 27.9. The molecule has 4 aromatic rings. The monoisotopic (exact) mass is 1200 g/mol. The van der Waals surface area contributed by atoms with Crippen molar-refractivity contribution in [3.05, 3.63) is 126 Å². The Morgan fingerprint density at radius 1 is 0.613 bits per heavy atom. The molecule has 4 aromatic carbocycles. The first-order valence-corrected chi connectivity index (χ1v) is 28.7. The van der Waals surface area contributed by atoms with Crippen molar-refractivity contribution in [2.24, 2.45) is 17.6 Å². The number of nitrogens with zero attached hydrogens (tertiary/aromatic N) is 2. The summed E-state index contributed by atoms with van der Waals surface area (Å²) in [6.45, 7) is 7.37. The topological polar surface area (TPSA) is 208 Å². The van der Waals surface area contributed by atoms with Crippen molar-refractivity contribution in [2.75, 3.05) is 65.7 Å². The number of aliphatic hydroxyl groups excluding tert-OH is 2. The van der Waals surface area contributed by atoms with Gasteiger partial charge in [0.2, 0.25) is 0 Å². The number of hydrogen-bond acceptors (Lipinski definition) is 11. The molecule has 6 aliphatic rings. The van der Waals surface area contributed by atoms with Crippen molar-refractivity contribution >= 4 is 58.3 Å². The highest BCUT2D eigenvalue weighted by molar-refractivity contribution is 6.32. The summed E-state index contributed by atoms with van der Waals surface area (Å²) in [5.41, 5.74) is 10.4. The molecule has 80 heavy (non-hydrogen) atoms. The Hall–Kier alpha value is -4.02. The summed E-state index contributed by atoms with van der Waals surface area (Å²) in [6.07, 6.45) is 6.17. The van der Waals surface area contributed by atoms with Gasteiger partial charge in [0, 0.05) is 66.7 Å². The number of hydrogen-bond donors (Lipinski definition) is 5. The third kappa shape index (κ3) is 16.6. The third-order valence-electron chi connectivity index (χ3n) is 15.8. The van der Waals surface area contributed by atoms with Crippen LogP contribution in [0.1, 0.15) is 97.0 Å². The van der Waals surface area contributed by atoms with Gasteiger partial charge < -0.3 is 60.6 Å². The predicted octanol–water partition coefficient (Wildman–Crippen LogP) is 9.52. The normalized spacial score (nSPS) is 21.3. The van der Waals surface area contributed by atoms with Crippen molar-refractivity contribution in [1.29, 1.82) is 0 Å². The molecular formula is C58H72Cl4F4N4O10. The molecular weight excluding hydrogens is 1130 g/mol. The van der Waals surface area contributed by atoms with Gasteiger partial charge in [0.1, 0.15) is 29.8 Å². The van der Waals surface area contributed by atoms with Gasteiger partial charge in [0.05, 0.1) is 48.6 Å². The second kappa shape index (κ2) is 29.0. The predicted molar refractivity (Wildman–Crippen MR) is 299 cm³/mol. The maximum Gasteiger partial charge on any atom is 0.374 e. The molecule has 14 nitrogen and oxygen atoms in total. The molecule has 3 unspecified atom stereocenters. The Kier molecular flexibility index (Phi) is 23.0. The number of carbonyl (C=O) groups excluding carboxylic acids is 1. The number of halogens is 8. The first-order chi connectivity index (χ1) is 37.7. The van der Waals surface area contributed by atoms with Crippen molar-refractivity contribution in [3.8, 4) is 11.5 Å². The van der Waals surface area contributed by atoms with Gasteiger partial charge in [-0.3, -0.25) is 4.79 Å². The molecule has 440 valence electrons. The molecule has 8 N–H and O–H groups in total. The van der Waals surface area contributed by atoms with Crippen LogP contribution in [-0.4, -0.2) is 144 Å². The summed E-state index contributed by atoms with van der Waals surface area (Å²) in [5.74, 6) is -11.9. The molecule has 6 atom stereocenters. The molecule has 22 heteroatoms. The van der Waals surface area contributed by atoms with E-state index in [1.54, 1.807) is 60.7 Å². The standard InChI is InChI=1S/C29H34Cl2F2N2O4.C18H27ClN2O3.C11H9ClF2O2.H2O/c30-22-5-3-18-13-21(14-20(18)15-22)29(32,33)28(37)34-25(17-35-9-1-2-10-35)27(36)19-4-6-26(24(31)16-19)39-23-7-11-38-12-8-23;19-15-11-13(18(22)16(20)12-21-7-1-2-8-21)3-4-17(15)24-14-5-9-23-10-6-14;12-9-2-1-6-3-8(4-7(6)5-9)11(13,14)10(15)16;/h3-6,15-16,21,23,25,27,36H,1-2,7-14,17H2,(H,34,37);3-4,11,14,16,18,22H,1-2,5-10,12,20H2;1-2,5,8H,3-4H2,(H,15,16);1H2/t21?,25-,27-;16-,18?;;/m11../s1. The Labute approximate surface area is 484 Å². The van der Waals surface area contributed by atoms with Crippen molar-refractivity contribution in [2.45, 2.75) is 125 Å². The van der Waals surface area contributed by atoms with E-state index in [9.17, 15) is 28.6 Å². The largest absolute Gasteiger partial charge is 0.489 e. The number of likely N-dealkylation sites (tertiary alicyclic amines) is 2. The van der Waals surface area contributed by atoms with Crippen LogP contribution < -0.4 is 20.5 Å².